The molecule has 0 radical (unpaired) electrons. The van der Waals surface area contributed by atoms with E-state index in [4.69, 9.17) is 0 Å². The minimum Gasteiger partial charge on any atom is -0.355 e. The molecule has 2 N–H and O–H groups in total. The van der Waals surface area contributed by atoms with Gasteiger partial charge in [-0.1, -0.05) is 20.8 Å². The number of likely N-dealkylation sites (tertiary alicyclic amines) is 1. The molecule has 1 aliphatic rings. The van der Waals surface area contributed by atoms with Crippen LogP contribution in [0.5, 0.6) is 0 Å². The summed E-state index contributed by atoms with van der Waals surface area (Å²) in [4.78, 5) is 37.8. The van der Waals surface area contributed by atoms with Crippen LogP contribution in [-0.2, 0) is 9.59 Å². The topological polar surface area (TPSA) is 78.5 Å². The Balaban J connectivity index is 1.79. The summed E-state index contributed by atoms with van der Waals surface area (Å²) in [5, 5.41) is 5.52. The fourth-order valence-corrected chi connectivity index (χ4v) is 2.58. The monoisotopic (exact) mass is 345 g/mol. The van der Waals surface area contributed by atoms with Crippen molar-refractivity contribution in [3.8, 4) is 0 Å². The van der Waals surface area contributed by atoms with Crippen LogP contribution in [0.25, 0.3) is 0 Å². The first-order valence-electron chi connectivity index (χ1n) is 8.75. The standard InChI is InChI=1S/C19H27N3O3/c1-19(2,3)18(25)20-11-10-16(23)21-15-8-6-14(7-9-15)17(24)22-12-4-5-13-22/h6-9H,4-5,10-13H2,1-3H3,(H,20,25)(H,21,23). The summed E-state index contributed by atoms with van der Waals surface area (Å²) in [5.41, 5.74) is 0.816. The van der Waals surface area contributed by atoms with Crippen molar-refractivity contribution in [1.82, 2.24) is 10.2 Å². The molecule has 0 atom stereocenters. The van der Waals surface area contributed by atoms with E-state index < -0.39 is 5.41 Å². The molecule has 0 saturated carbocycles. The number of carbonyl (C=O) groups excluding carboxylic acids is 3. The number of amides is 3. The molecule has 136 valence electrons. The zero-order valence-electron chi connectivity index (χ0n) is 15.2. The second-order valence-electron chi connectivity index (χ2n) is 7.38. The molecule has 0 aromatic heterocycles. The van der Waals surface area contributed by atoms with Gasteiger partial charge in [-0.2, -0.15) is 0 Å². The molecule has 1 fully saturated rings. The van der Waals surface area contributed by atoms with E-state index in [9.17, 15) is 14.4 Å². The quantitative estimate of drug-likeness (QED) is 0.860. The van der Waals surface area contributed by atoms with Crippen LogP contribution in [0.1, 0.15) is 50.4 Å². The van der Waals surface area contributed by atoms with Crippen LogP contribution in [0.4, 0.5) is 5.69 Å². The fourth-order valence-electron chi connectivity index (χ4n) is 2.58. The zero-order valence-corrected chi connectivity index (χ0v) is 15.2. The number of anilines is 1. The van der Waals surface area contributed by atoms with Gasteiger partial charge in [0.05, 0.1) is 0 Å². The van der Waals surface area contributed by atoms with Gasteiger partial charge in [0.2, 0.25) is 11.8 Å². The van der Waals surface area contributed by atoms with Gasteiger partial charge in [-0.15, -0.1) is 0 Å². The van der Waals surface area contributed by atoms with Gasteiger partial charge < -0.3 is 15.5 Å². The van der Waals surface area contributed by atoms with Crippen molar-refractivity contribution in [1.29, 1.82) is 0 Å². The molecule has 6 heteroatoms. The number of benzene rings is 1. The summed E-state index contributed by atoms with van der Waals surface area (Å²) in [5.74, 6) is -0.210. The molecule has 0 bridgehead atoms. The predicted molar refractivity (Wildman–Crippen MR) is 97.3 cm³/mol. The SMILES string of the molecule is CC(C)(C)C(=O)NCCC(=O)Nc1ccc(C(=O)N2CCCC2)cc1. The van der Waals surface area contributed by atoms with Crippen LogP contribution < -0.4 is 10.6 Å². The summed E-state index contributed by atoms with van der Waals surface area (Å²) < 4.78 is 0. The fraction of sp³-hybridized carbons (Fsp3) is 0.526. The van der Waals surface area contributed by atoms with Crippen LogP contribution in [0.15, 0.2) is 24.3 Å². The van der Waals surface area contributed by atoms with Crippen LogP contribution in [0.2, 0.25) is 0 Å². The molecule has 25 heavy (non-hydrogen) atoms. The number of nitrogens with zero attached hydrogens (tertiary/aromatic N) is 1. The largest absolute Gasteiger partial charge is 0.355 e. The summed E-state index contributed by atoms with van der Waals surface area (Å²) in [6, 6.07) is 6.93. The summed E-state index contributed by atoms with van der Waals surface area (Å²) in [6.45, 7) is 7.41. The molecule has 2 rings (SSSR count). The van der Waals surface area contributed by atoms with Crippen LogP contribution in [-0.4, -0.2) is 42.3 Å². The molecule has 1 aliphatic heterocycles. The first-order chi connectivity index (χ1) is 11.8. The second-order valence-corrected chi connectivity index (χ2v) is 7.38. The molecule has 0 unspecified atom stereocenters. The van der Waals surface area contributed by atoms with Crippen molar-refractivity contribution in [2.24, 2.45) is 5.41 Å². The number of rotatable bonds is 5. The normalized spacial score (nSPS) is 14.3. The van der Waals surface area contributed by atoms with E-state index in [1.807, 2.05) is 25.7 Å². The zero-order chi connectivity index (χ0) is 18.4. The maximum absolute atomic E-state index is 12.3. The lowest BCUT2D eigenvalue weighted by Gasteiger charge is -2.17. The first-order valence-corrected chi connectivity index (χ1v) is 8.75. The number of hydrogen-bond acceptors (Lipinski definition) is 3. The highest BCUT2D eigenvalue weighted by molar-refractivity contribution is 5.96. The highest BCUT2D eigenvalue weighted by Crippen LogP contribution is 2.16. The summed E-state index contributed by atoms with van der Waals surface area (Å²) in [6.07, 6.45) is 2.33. The molecule has 0 aliphatic carbocycles. The third-order valence-electron chi connectivity index (χ3n) is 4.13. The highest BCUT2D eigenvalue weighted by atomic mass is 16.2. The lowest BCUT2D eigenvalue weighted by Crippen LogP contribution is -2.36. The number of hydrogen-bond donors (Lipinski definition) is 2. The Morgan fingerprint density at radius 1 is 1.04 bits per heavy atom. The molecule has 1 heterocycles. The lowest BCUT2D eigenvalue weighted by molar-refractivity contribution is -0.128. The van der Waals surface area contributed by atoms with E-state index >= 15 is 0 Å². The Labute approximate surface area is 149 Å². The molecule has 3 amide bonds. The molecule has 1 aromatic carbocycles. The Bertz CT molecular complexity index is 626. The first kappa shape index (κ1) is 19.0. The Morgan fingerprint density at radius 2 is 1.64 bits per heavy atom. The minimum absolute atomic E-state index is 0.0419. The maximum atomic E-state index is 12.3. The average molecular weight is 345 g/mol. The van der Waals surface area contributed by atoms with E-state index in [1.54, 1.807) is 24.3 Å². The second kappa shape index (κ2) is 8.14. The van der Waals surface area contributed by atoms with Crippen LogP contribution in [0.3, 0.4) is 0 Å². The van der Waals surface area contributed by atoms with Gasteiger partial charge in [-0.05, 0) is 37.1 Å². The van der Waals surface area contributed by atoms with Crippen molar-refractivity contribution in [3.05, 3.63) is 29.8 Å². The van der Waals surface area contributed by atoms with Crippen molar-refractivity contribution in [3.63, 3.8) is 0 Å². The Hall–Kier alpha value is -2.37. The van der Waals surface area contributed by atoms with Gasteiger partial charge in [-0.25, -0.2) is 0 Å². The van der Waals surface area contributed by atoms with Crippen molar-refractivity contribution < 1.29 is 14.4 Å². The van der Waals surface area contributed by atoms with Crippen molar-refractivity contribution in [2.45, 2.75) is 40.0 Å². The third kappa shape index (κ3) is 5.59. The number of nitrogens with one attached hydrogen (secondary N) is 2. The van der Waals surface area contributed by atoms with E-state index in [2.05, 4.69) is 10.6 Å². The maximum Gasteiger partial charge on any atom is 0.253 e. The molecular weight excluding hydrogens is 318 g/mol. The van der Waals surface area contributed by atoms with Crippen molar-refractivity contribution in [2.75, 3.05) is 25.0 Å². The predicted octanol–water partition coefficient (Wildman–Crippen LogP) is 2.41. The van der Waals surface area contributed by atoms with Gasteiger partial charge in [0.15, 0.2) is 0 Å². The van der Waals surface area contributed by atoms with E-state index in [0.29, 0.717) is 17.8 Å². The number of carbonyl (C=O) groups is 3. The van der Waals surface area contributed by atoms with Crippen LogP contribution in [0, 0.1) is 5.41 Å². The van der Waals surface area contributed by atoms with Gasteiger partial charge in [-0.3, -0.25) is 14.4 Å². The van der Waals surface area contributed by atoms with Gasteiger partial charge in [0.1, 0.15) is 0 Å². The van der Waals surface area contributed by atoms with Crippen molar-refractivity contribution >= 4 is 23.4 Å². The minimum atomic E-state index is -0.464. The van der Waals surface area contributed by atoms with Crippen LogP contribution >= 0.6 is 0 Å². The average Bonchev–Trinajstić information content (AvgIpc) is 3.08. The van der Waals surface area contributed by atoms with Gasteiger partial charge in [0.25, 0.3) is 5.91 Å². The summed E-state index contributed by atoms with van der Waals surface area (Å²) in [7, 11) is 0. The Kier molecular flexibility index (Phi) is 6.17. The molecule has 1 aromatic rings. The Morgan fingerprint density at radius 3 is 2.20 bits per heavy atom. The molecular formula is C19H27N3O3. The molecule has 1 saturated heterocycles. The third-order valence-corrected chi connectivity index (χ3v) is 4.13. The van der Waals surface area contributed by atoms with Gasteiger partial charge in [0, 0.05) is 42.7 Å². The lowest BCUT2D eigenvalue weighted by atomic mass is 9.96. The van der Waals surface area contributed by atoms with E-state index in [0.717, 1.165) is 25.9 Å². The molecule has 6 nitrogen and oxygen atoms in total. The van der Waals surface area contributed by atoms with Gasteiger partial charge >= 0.3 is 0 Å². The smallest absolute Gasteiger partial charge is 0.253 e. The highest BCUT2D eigenvalue weighted by Gasteiger charge is 2.21. The van der Waals surface area contributed by atoms with E-state index in [-0.39, 0.29) is 24.1 Å². The van der Waals surface area contributed by atoms with E-state index in [1.165, 1.54) is 0 Å². The molecule has 0 spiro atoms. The summed E-state index contributed by atoms with van der Waals surface area (Å²) >= 11 is 0.